The van der Waals surface area contributed by atoms with Gasteiger partial charge in [0.05, 0.1) is 30.1 Å². The van der Waals surface area contributed by atoms with Crippen LogP contribution in [0.25, 0.3) is 21.9 Å². The van der Waals surface area contributed by atoms with Gasteiger partial charge in [-0.2, -0.15) is 4.31 Å². The summed E-state index contributed by atoms with van der Waals surface area (Å²) in [4.78, 5) is 0.0574. The molecule has 1 atom stereocenters. The summed E-state index contributed by atoms with van der Waals surface area (Å²) >= 11 is 5.59. The first-order valence-electron chi connectivity index (χ1n) is 9.06. The van der Waals surface area contributed by atoms with Gasteiger partial charge in [0.2, 0.25) is 10.0 Å². The molecule has 0 aliphatic carbocycles. The maximum absolute atomic E-state index is 12.9. The summed E-state index contributed by atoms with van der Waals surface area (Å²) in [5.41, 5.74) is 1.85. The van der Waals surface area contributed by atoms with Crippen molar-refractivity contribution in [1.82, 2.24) is 4.31 Å². The molecule has 3 rings (SSSR count). The summed E-state index contributed by atoms with van der Waals surface area (Å²) in [6, 6.07) is 9.95. The Morgan fingerprint density at radius 3 is 2.41 bits per heavy atom. The van der Waals surface area contributed by atoms with Gasteiger partial charge >= 0.3 is 0 Å². The Hall–Kier alpha value is -1.88. The number of hydrogen-bond donors (Lipinski definition) is 4. The number of nitrogens with one attached hydrogen (secondary N) is 1. The zero-order chi connectivity index (χ0) is 21.0. The molecule has 1 unspecified atom stereocenters. The van der Waals surface area contributed by atoms with Crippen LogP contribution < -0.4 is 5.32 Å². The number of sulfonamides is 1. The van der Waals surface area contributed by atoms with Crippen molar-refractivity contribution in [2.45, 2.75) is 11.0 Å². The van der Waals surface area contributed by atoms with Crippen LogP contribution in [0.15, 0.2) is 45.7 Å². The first kappa shape index (κ1) is 21.8. The van der Waals surface area contributed by atoms with E-state index in [9.17, 15) is 13.5 Å². The van der Waals surface area contributed by atoms with E-state index in [2.05, 4.69) is 5.32 Å². The van der Waals surface area contributed by atoms with Crippen LogP contribution in [-0.2, 0) is 10.0 Å². The number of nitrogens with zero attached hydrogens (tertiary/aromatic N) is 1. The van der Waals surface area contributed by atoms with E-state index in [0.717, 1.165) is 15.4 Å². The van der Waals surface area contributed by atoms with Gasteiger partial charge in [-0.1, -0.05) is 0 Å². The van der Waals surface area contributed by atoms with E-state index in [1.807, 2.05) is 12.1 Å². The number of fused-ring (bicyclic) bond motifs is 3. The van der Waals surface area contributed by atoms with Crippen LogP contribution in [0, 0.1) is 0 Å². The Labute approximate surface area is 173 Å². The van der Waals surface area contributed by atoms with E-state index >= 15 is 0 Å². The van der Waals surface area contributed by atoms with Gasteiger partial charge in [-0.15, -0.1) is 11.6 Å². The van der Waals surface area contributed by atoms with E-state index in [1.54, 1.807) is 12.1 Å². The Morgan fingerprint density at radius 2 is 1.76 bits per heavy atom. The molecular weight excluding hydrogens is 420 g/mol. The second-order valence-corrected chi connectivity index (χ2v) is 8.76. The minimum absolute atomic E-state index is 0.0574. The smallest absolute Gasteiger partial charge is 0.243 e. The molecular formula is C19H23ClN2O6S. The maximum atomic E-state index is 12.9. The highest BCUT2D eigenvalue weighted by Crippen LogP contribution is 2.32. The largest absolute Gasteiger partial charge is 0.456 e. The van der Waals surface area contributed by atoms with Crippen molar-refractivity contribution < 1.29 is 28.2 Å². The summed E-state index contributed by atoms with van der Waals surface area (Å²) in [5, 5.41) is 32.3. The minimum atomic E-state index is -3.87. The predicted molar refractivity (Wildman–Crippen MR) is 112 cm³/mol. The second kappa shape index (κ2) is 9.29. The van der Waals surface area contributed by atoms with Crippen LogP contribution in [0.4, 0.5) is 5.69 Å². The van der Waals surface area contributed by atoms with Gasteiger partial charge in [0.1, 0.15) is 11.2 Å². The molecule has 4 N–H and O–H groups in total. The Morgan fingerprint density at radius 1 is 1.03 bits per heavy atom. The average molecular weight is 443 g/mol. The van der Waals surface area contributed by atoms with Crippen molar-refractivity contribution in [1.29, 1.82) is 0 Å². The maximum Gasteiger partial charge on any atom is 0.243 e. The van der Waals surface area contributed by atoms with Crippen LogP contribution in [0.3, 0.4) is 0 Å². The molecule has 1 heterocycles. The molecule has 0 saturated carbocycles. The number of aliphatic hydroxyl groups excluding tert-OH is 3. The number of hydrogen-bond acceptors (Lipinski definition) is 7. The molecule has 10 heteroatoms. The fraction of sp³-hybridized carbons (Fsp3) is 0.368. The third kappa shape index (κ3) is 4.66. The van der Waals surface area contributed by atoms with Gasteiger partial charge < -0.3 is 25.1 Å². The highest BCUT2D eigenvalue weighted by Gasteiger charge is 2.24. The molecule has 0 fully saturated rings. The second-order valence-electron chi connectivity index (χ2n) is 6.51. The lowest BCUT2D eigenvalue weighted by Gasteiger charge is -2.20. The van der Waals surface area contributed by atoms with Crippen LogP contribution in [0.5, 0.6) is 0 Å². The first-order valence-corrected chi connectivity index (χ1v) is 11.0. The van der Waals surface area contributed by atoms with Crippen LogP contribution in [0.1, 0.15) is 0 Å². The van der Waals surface area contributed by atoms with Crippen molar-refractivity contribution in [2.24, 2.45) is 0 Å². The summed E-state index contributed by atoms with van der Waals surface area (Å²) in [6.07, 6.45) is -0.670. The van der Waals surface area contributed by atoms with E-state index in [1.165, 1.54) is 12.1 Å². The highest BCUT2D eigenvalue weighted by atomic mass is 35.5. The number of aliphatic hydroxyl groups is 3. The fourth-order valence-corrected chi connectivity index (χ4v) is 4.60. The molecule has 0 aliphatic heterocycles. The Kier molecular flexibility index (Phi) is 6.99. The van der Waals surface area contributed by atoms with Crippen molar-refractivity contribution in [3.63, 3.8) is 0 Å². The van der Waals surface area contributed by atoms with Gasteiger partial charge in [-0.25, -0.2) is 8.42 Å². The zero-order valence-corrected chi connectivity index (χ0v) is 17.2. The van der Waals surface area contributed by atoms with Crippen LogP contribution in [0.2, 0.25) is 0 Å². The summed E-state index contributed by atoms with van der Waals surface area (Å²) in [6.45, 7) is -0.593. The number of benzene rings is 2. The molecule has 3 aromatic rings. The van der Waals surface area contributed by atoms with Gasteiger partial charge in [0.25, 0.3) is 0 Å². The lowest BCUT2D eigenvalue weighted by Crippen LogP contribution is -2.35. The number of anilines is 1. The molecule has 29 heavy (non-hydrogen) atoms. The molecule has 2 aromatic carbocycles. The zero-order valence-electron chi connectivity index (χ0n) is 15.6. The van der Waals surface area contributed by atoms with Gasteiger partial charge in [0, 0.05) is 42.2 Å². The number of alkyl halides is 1. The SMILES string of the molecule is O=S(=O)(c1ccc2oc3cc(NCC(O)CCl)ccc3c2c1)N(CCO)CCO. The molecule has 8 nitrogen and oxygen atoms in total. The first-order chi connectivity index (χ1) is 13.9. The van der Waals surface area contributed by atoms with E-state index in [4.69, 9.17) is 26.2 Å². The number of rotatable bonds is 10. The molecule has 0 radical (unpaired) electrons. The third-order valence-electron chi connectivity index (χ3n) is 4.50. The van der Waals surface area contributed by atoms with Crippen molar-refractivity contribution in [2.75, 3.05) is 44.0 Å². The van der Waals surface area contributed by atoms with Gasteiger partial charge in [-0.05, 0) is 30.3 Å². The van der Waals surface area contributed by atoms with E-state index in [-0.39, 0.29) is 37.1 Å². The monoisotopic (exact) mass is 442 g/mol. The molecule has 158 valence electrons. The Balaban J connectivity index is 1.97. The van der Waals surface area contributed by atoms with Crippen molar-refractivity contribution >= 4 is 49.3 Å². The van der Waals surface area contributed by atoms with Crippen LogP contribution in [-0.4, -0.2) is 72.9 Å². The molecule has 1 aromatic heterocycles. The normalized spacial score (nSPS) is 13.4. The molecule has 0 saturated heterocycles. The van der Waals surface area contributed by atoms with Crippen LogP contribution >= 0.6 is 11.6 Å². The highest BCUT2D eigenvalue weighted by molar-refractivity contribution is 7.89. The third-order valence-corrected chi connectivity index (χ3v) is 6.75. The van der Waals surface area contributed by atoms with Crippen molar-refractivity contribution in [3.8, 4) is 0 Å². The summed E-state index contributed by atoms with van der Waals surface area (Å²) < 4.78 is 32.6. The topological polar surface area (TPSA) is 123 Å². The molecule has 0 amide bonds. The Bertz CT molecular complexity index is 1080. The minimum Gasteiger partial charge on any atom is -0.456 e. The molecule has 0 spiro atoms. The fourth-order valence-electron chi connectivity index (χ4n) is 3.04. The van der Waals surface area contributed by atoms with Gasteiger partial charge in [-0.3, -0.25) is 0 Å². The average Bonchev–Trinajstić information content (AvgIpc) is 3.08. The molecule has 0 aliphatic rings. The number of furan rings is 1. The van der Waals surface area contributed by atoms with Crippen molar-refractivity contribution in [3.05, 3.63) is 36.4 Å². The lowest BCUT2D eigenvalue weighted by atomic mass is 10.1. The van der Waals surface area contributed by atoms with E-state index < -0.39 is 16.1 Å². The number of halogens is 1. The van der Waals surface area contributed by atoms with E-state index in [0.29, 0.717) is 23.1 Å². The quantitative estimate of drug-likeness (QED) is 0.351. The predicted octanol–water partition coefficient (Wildman–Crippen LogP) is 1.57. The van der Waals surface area contributed by atoms with Gasteiger partial charge in [0.15, 0.2) is 0 Å². The standard InChI is InChI=1S/C19H23ClN2O6S/c20-11-14(25)12-21-13-1-3-16-17-10-15(2-4-18(17)28-19(16)9-13)29(26,27)22(5-7-23)6-8-24/h1-4,9-10,14,21,23-25H,5-8,11-12H2. The summed E-state index contributed by atoms with van der Waals surface area (Å²) in [7, 11) is -3.87. The lowest BCUT2D eigenvalue weighted by molar-refractivity contribution is 0.211. The molecule has 0 bridgehead atoms. The summed E-state index contributed by atoms with van der Waals surface area (Å²) in [5.74, 6) is 0.126.